The molecule has 0 aliphatic heterocycles. The standard InChI is InChI=1S/C12H15BrClN3/c1-17(2)6-5-16-12(8-15)10-4-3-9(13)7-11(10)14/h3-4,7,12,16H,5-6H2,1-2H3. The first-order chi connectivity index (χ1) is 8.04. The molecule has 3 nitrogen and oxygen atoms in total. The lowest BCUT2D eigenvalue weighted by atomic mass is 10.1. The lowest BCUT2D eigenvalue weighted by Crippen LogP contribution is -2.29. The molecule has 0 aromatic heterocycles. The van der Waals surface area contributed by atoms with E-state index in [-0.39, 0.29) is 6.04 Å². The van der Waals surface area contributed by atoms with E-state index in [1.165, 1.54) is 0 Å². The molecule has 5 heteroatoms. The van der Waals surface area contributed by atoms with Gasteiger partial charge < -0.3 is 4.90 Å². The summed E-state index contributed by atoms with van der Waals surface area (Å²) < 4.78 is 0.913. The predicted octanol–water partition coefficient (Wildman–Crippen LogP) is 2.82. The van der Waals surface area contributed by atoms with E-state index >= 15 is 0 Å². The minimum atomic E-state index is -0.365. The summed E-state index contributed by atoms with van der Waals surface area (Å²) in [5.41, 5.74) is 0.816. The molecule has 1 atom stereocenters. The molecule has 0 aliphatic rings. The molecule has 0 saturated carbocycles. The second-order valence-electron chi connectivity index (χ2n) is 3.99. The highest BCUT2D eigenvalue weighted by molar-refractivity contribution is 9.10. The van der Waals surface area contributed by atoms with Crippen LogP contribution < -0.4 is 5.32 Å². The van der Waals surface area contributed by atoms with Gasteiger partial charge in [0.1, 0.15) is 6.04 Å². The third-order valence-electron chi connectivity index (χ3n) is 2.31. The van der Waals surface area contributed by atoms with Crippen molar-refractivity contribution >= 4 is 27.5 Å². The van der Waals surface area contributed by atoms with E-state index in [1.807, 2.05) is 26.2 Å². The van der Waals surface area contributed by atoms with Crippen LogP contribution >= 0.6 is 27.5 Å². The van der Waals surface area contributed by atoms with Crippen molar-refractivity contribution in [3.8, 4) is 6.07 Å². The van der Waals surface area contributed by atoms with Crippen molar-refractivity contribution in [1.82, 2.24) is 10.2 Å². The fraction of sp³-hybridized carbons (Fsp3) is 0.417. The minimum absolute atomic E-state index is 0.365. The predicted molar refractivity (Wildman–Crippen MR) is 74.1 cm³/mol. The van der Waals surface area contributed by atoms with Gasteiger partial charge in [-0.05, 0) is 26.2 Å². The molecule has 17 heavy (non-hydrogen) atoms. The largest absolute Gasteiger partial charge is 0.308 e. The number of halogens is 2. The molecule has 1 aromatic rings. The molecule has 0 aliphatic carbocycles. The molecule has 0 heterocycles. The molecule has 1 aromatic carbocycles. The Morgan fingerprint density at radius 1 is 1.53 bits per heavy atom. The van der Waals surface area contributed by atoms with Crippen molar-refractivity contribution in [3.63, 3.8) is 0 Å². The molecular formula is C12H15BrClN3. The second-order valence-corrected chi connectivity index (χ2v) is 5.31. The van der Waals surface area contributed by atoms with Crippen molar-refractivity contribution < 1.29 is 0 Å². The molecule has 0 bridgehead atoms. The summed E-state index contributed by atoms with van der Waals surface area (Å²) in [5.74, 6) is 0. The van der Waals surface area contributed by atoms with Gasteiger partial charge in [-0.1, -0.05) is 33.6 Å². The zero-order chi connectivity index (χ0) is 12.8. The highest BCUT2D eigenvalue weighted by atomic mass is 79.9. The summed E-state index contributed by atoms with van der Waals surface area (Å²) in [7, 11) is 3.99. The van der Waals surface area contributed by atoms with Gasteiger partial charge in [0.05, 0.1) is 6.07 Å². The summed E-state index contributed by atoms with van der Waals surface area (Å²) in [6.45, 7) is 1.63. The summed E-state index contributed by atoms with van der Waals surface area (Å²) in [4.78, 5) is 2.06. The van der Waals surface area contributed by atoms with Crippen molar-refractivity contribution in [3.05, 3.63) is 33.3 Å². The first-order valence-electron chi connectivity index (χ1n) is 5.27. The van der Waals surface area contributed by atoms with Gasteiger partial charge in [0, 0.05) is 28.1 Å². The van der Waals surface area contributed by atoms with Crippen molar-refractivity contribution in [2.75, 3.05) is 27.2 Å². The van der Waals surface area contributed by atoms with Gasteiger partial charge in [0.25, 0.3) is 0 Å². The molecule has 1 unspecified atom stereocenters. The molecule has 0 radical (unpaired) electrons. The van der Waals surface area contributed by atoms with Crippen molar-refractivity contribution in [2.45, 2.75) is 6.04 Å². The lowest BCUT2D eigenvalue weighted by Gasteiger charge is -2.15. The van der Waals surface area contributed by atoms with Gasteiger partial charge in [0.15, 0.2) is 0 Å². The Bertz CT molecular complexity index is 415. The van der Waals surface area contributed by atoms with Crippen LogP contribution in [0.5, 0.6) is 0 Å². The number of nitriles is 1. The van der Waals surface area contributed by atoms with Crippen LogP contribution in [0, 0.1) is 11.3 Å². The van der Waals surface area contributed by atoms with E-state index in [9.17, 15) is 0 Å². The quantitative estimate of drug-likeness (QED) is 0.908. The average molecular weight is 317 g/mol. The Labute approximate surface area is 115 Å². The van der Waals surface area contributed by atoms with Crippen LogP contribution in [-0.2, 0) is 0 Å². The first-order valence-corrected chi connectivity index (χ1v) is 6.44. The molecule has 1 N–H and O–H groups in total. The van der Waals surface area contributed by atoms with Crippen LogP contribution in [0.3, 0.4) is 0 Å². The number of nitrogens with zero attached hydrogens (tertiary/aromatic N) is 2. The average Bonchev–Trinajstić information content (AvgIpc) is 2.25. The summed E-state index contributed by atoms with van der Waals surface area (Å²) in [5, 5.41) is 12.9. The van der Waals surface area contributed by atoms with Crippen LogP contribution in [0.1, 0.15) is 11.6 Å². The van der Waals surface area contributed by atoms with E-state index in [2.05, 4.69) is 32.2 Å². The zero-order valence-corrected chi connectivity index (χ0v) is 12.2. The van der Waals surface area contributed by atoms with Gasteiger partial charge in [-0.3, -0.25) is 5.32 Å². The maximum absolute atomic E-state index is 9.14. The van der Waals surface area contributed by atoms with Crippen LogP contribution in [0.4, 0.5) is 0 Å². The maximum Gasteiger partial charge on any atom is 0.122 e. The fourth-order valence-electron chi connectivity index (χ4n) is 1.39. The summed E-state index contributed by atoms with van der Waals surface area (Å²) in [6, 6.07) is 7.41. The Morgan fingerprint density at radius 2 is 2.24 bits per heavy atom. The first kappa shape index (κ1) is 14.5. The molecule has 1 rings (SSSR count). The highest BCUT2D eigenvalue weighted by Crippen LogP contribution is 2.26. The Kier molecular flexibility index (Phi) is 5.93. The summed E-state index contributed by atoms with van der Waals surface area (Å²) in [6.07, 6.45) is 0. The fourth-order valence-corrected chi connectivity index (χ4v) is 2.18. The summed E-state index contributed by atoms with van der Waals surface area (Å²) >= 11 is 9.46. The molecule has 0 saturated heterocycles. The van der Waals surface area contributed by atoms with Gasteiger partial charge in [-0.25, -0.2) is 0 Å². The zero-order valence-electron chi connectivity index (χ0n) is 9.87. The normalized spacial score (nSPS) is 12.5. The van der Waals surface area contributed by atoms with E-state index in [1.54, 1.807) is 6.07 Å². The number of likely N-dealkylation sites (N-methyl/N-ethyl adjacent to an activating group) is 1. The number of hydrogen-bond donors (Lipinski definition) is 1. The maximum atomic E-state index is 9.14. The van der Waals surface area contributed by atoms with Gasteiger partial charge >= 0.3 is 0 Å². The van der Waals surface area contributed by atoms with Crippen LogP contribution in [0.2, 0.25) is 5.02 Å². The minimum Gasteiger partial charge on any atom is -0.308 e. The highest BCUT2D eigenvalue weighted by Gasteiger charge is 2.13. The van der Waals surface area contributed by atoms with E-state index < -0.39 is 0 Å². The van der Waals surface area contributed by atoms with Crippen molar-refractivity contribution in [1.29, 1.82) is 5.26 Å². The molecular weight excluding hydrogens is 302 g/mol. The van der Waals surface area contributed by atoms with E-state index in [0.717, 1.165) is 23.1 Å². The van der Waals surface area contributed by atoms with Crippen LogP contribution in [0.25, 0.3) is 0 Å². The van der Waals surface area contributed by atoms with Gasteiger partial charge in [0.2, 0.25) is 0 Å². The Hall–Kier alpha value is -0.600. The SMILES string of the molecule is CN(C)CCNC(C#N)c1ccc(Br)cc1Cl. The third kappa shape index (κ3) is 4.64. The smallest absolute Gasteiger partial charge is 0.122 e. The number of hydrogen-bond acceptors (Lipinski definition) is 3. The molecule has 0 amide bonds. The molecule has 0 spiro atoms. The van der Waals surface area contributed by atoms with Crippen LogP contribution in [0.15, 0.2) is 22.7 Å². The van der Waals surface area contributed by atoms with Crippen molar-refractivity contribution in [2.24, 2.45) is 0 Å². The van der Waals surface area contributed by atoms with Gasteiger partial charge in [-0.2, -0.15) is 5.26 Å². The lowest BCUT2D eigenvalue weighted by molar-refractivity contribution is 0.395. The molecule has 0 fully saturated rings. The Balaban J connectivity index is 2.70. The number of nitrogens with one attached hydrogen (secondary N) is 1. The monoisotopic (exact) mass is 315 g/mol. The van der Waals surface area contributed by atoms with E-state index in [0.29, 0.717) is 5.02 Å². The van der Waals surface area contributed by atoms with Crippen LogP contribution in [-0.4, -0.2) is 32.1 Å². The topological polar surface area (TPSA) is 39.1 Å². The van der Waals surface area contributed by atoms with E-state index in [4.69, 9.17) is 16.9 Å². The number of rotatable bonds is 5. The Morgan fingerprint density at radius 3 is 2.76 bits per heavy atom. The third-order valence-corrected chi connectivity index (χ3v) is 3.13. The molecule has 92 valence electrons. The van der Waals surface area contributed by atoms with Gasteiger partial charge in [-0.15, -0.1) is 0 Å². The number of benzene rings is 1. The second kappa shape index (κ2) is 6.97.